The van der Waals surface area contributed by atoms with Gasteiger partial charge < -0.3 is 20.5 Å². The number of aliphatic hydroxyl groups is 1. The van der Waals surface area contributed by atoms with E-state index < -0.39 is 6.10 Å². The lowest BCUT2D eigenvalue weighted by Gasteiger charge is -2.16. The van der Waals surface area contributed by atoms with Crippen molar-refractivity contribution >= 4 is 11.5 Å². The molecule has 0 saturated carbocycles. The van der Waals surface area contributed by atoms with Gasteiger partial charge in [0.1, 0.15) is 11.9 Å². The van der Waals surface area contributed by atoms with E-state index >= 15 is 0 Å². The van der Waals surface area contributed by atoms with Crippen molar-refractivity contribution in [2.75, 3.05) is 30.8 Å². The second kappa shape index (κ2) is 4.04. The summed E-state index contributed by atoms with van der Waals surface area (Å²) in [6, 6.07) is 3.65. The Balaban J connectivity index is 2.10. The highest BCUT2D eigenvalue weighted by Gasteiger charge is 2.31. The highest BCUT2D eigenvalue weighted by Crippen LogP contribution is 2.20. The van der Waals surface area contributed by atoms with Crippen LogP contribution < -0.4 is 10.6 Å². The number of β-amino-alcohol motifs (C(OH)–C–C–N with tert-alkyl or cyclic N) is 1. The van der Waals surface area contributed by atoms with Crippen LogP contribution in [0.1, 0.15) is 0 Å². The molecule has 15 heavy (non-hydrogen) atoms. The number of nitrogens with zero attached hydrogens (tertiary/aromatic N) is 2. The molecular formula is C10H15N3O2. The van der Waals surface area contributed by atoms with Gasteiger partial charge in [0.15, 0.2) is 0 Å². The molecule has 0 bridgehead atoms. The predicted molar refractivity (Wildman–Crippen MR) is 57.7 cm³/mol. The highest BCUT2D eigenvalue weighted by molar-refractivity contribution is 5.46. The Morgan fingerprint density at radius 2 is 2.33 bits per heavy atom. The zero-order valence-corrected chi connectivity index (χ0v) is 8.63. The van der Waals surface area contributed by atoms with E-state index in [1.54, 1.807) is 19.4 Å². The van der Waals surface area contributed by atoms with Crippen molar-refractivity contribution in [1.82, 2.24) is 4.98 Å². The normalized spacial score (nSPS) is 25.9. The van der Waals surface area contributed by atoms with Crippen LogP contribution in [0, 0.1) is 0 Å². The lowest BCUT2D eigenvalue weighted by Crippen LogP contribution is -2.25. The van der Waals surface area contributed by atoms with E-state index in [9.17, 15) is 5.11 Å². The predicted octanol–water partition coefficient (Wildman–Crippen LogP) is -0.140. The van der Waals surface area contributed by atoms with Crippen molar-refractivity contribution in [3.05, 3.63) is 18.3 Å². The van der Waals surface area contributed by atoms with Gasteiger partial charge in [0, 0.05) is 20.2 Å². The van der Waals surface area contributed by atoms with E-state index in [-0.39, 0.29) is 6.10 Å². The summed E-state index contributed by atoms with van der Waals surface area (Å²) in [6.45, 7) is 1.21. The smallest absolute Gasteiger partial charge is 0.128 e. The van der Waals surface area contributed by atoms with Crippen LogP contribution in [0.25, 0.3) is 0 Å². The van der Waals surface area contributed by atoms with Crippen LogP contribution in [-0.4, -0.2) is 42.5 Å². The molecule has 5 nitrogen and oxygen atoms in total. The number of anilines is 2. The topological polar surface area (TPSA) is 71.6 Å². The van der Waals surface area contributed by atoms with Gasteiger partial charge in [0.05, 0.1) is 18.0 Å². The van der Waals surface area contributed by atoms with Crippen molar-refractivity contribution in [1.29, 1.82) is 0 Å². The lowest BCUT2D eigenvalue weighted by atomic mass is 10.3. The number of pyridine rings is 1. The van der Waals surface area contributed by atoms with Crippen molar-refractivity contribution < 1.29 is 9.84 Å². The Labute approximate surface area is 88.5 Å². The van der Waals surface area contributed by atoms with Crippen LogP contribution in [0.5, 0.6) is 0 Å². The maximum absolute atomic E-state index is 9.66. The fourth-order valence-corrected chi connectivity index (χ4v) is 1.76. The number of hydrogen-bond acceptors (Lipinski definition) is 5. The minimum absolute atomic E-state index is 0.135. The monoisotopic (exact) mass is 209 g/mol. The average Bonchev–Trinajstić information content (AvgIpc) is 2.61. The molecule has 0 amide bonds. The second-order valence-electron chi connectivity index (χ2n) is 3.70. The molecule has 2 rings (SSSR count). The Bertz CT molecular complexity index is 328. The summed E-state index contributed by atoms with van der Waals surface area (Å²) in [5, 5.41) is 9.66. The molecule has 2 heterocycles. The molecule has 82 valence electrons. The van der Waals surface area contributed by atoms with Crippen LogP contribution in [0.2, 0.25) is 0 Å². The first kappa shape index (κ1) is 10.2. The molecule has 0 spiro atoms. The van der Waals surface area contributed by atoms with Gasteiger partial charge in [-0.3, -0.25) is 0 Å². The molecule has 1 aromatic rings. The van der Waals surface area contributed by atoms with Crippen molar-refractivity contribution in [2.45, 2.75) is 12.2 Å². The van der Waals surface area contributed by atoms with Gasteiger partial charge in [0.2, 0.25) is 0 Å². The fraction of sp³-hybridized carbons (Fsp3) is 0.500. The Morgan fingerprint density at radius 1 is 1.53 bits per heavy atom. The molecule has 0 aliphatic carbocycles. The molecule has 5 heteroatoms. The van der Waals surface area contributed by atoms with E-state index in [4.69, 9.17) is 10.5 Å². The van der Waals surface area contributed by atoms with Crippen molar-refractivity contribution in [3.8, 4) is 0 Å². The molecule has 0 aromatic carbocycles. The van der Waals surface area contributed by atoms with Gasteiger partial charge in [-0.05, 0) is 12.1 Å². The number of ether oxygens (including phenoxy) is 1. The molecule has 0 radical (unpaired) electrons. The summed E-state index contributed by atoms with van der Waals surface area (Å²) in [4.78, 5) is 6.18. The van der Waals surface area contributed by atoms with Gasteiger partial charge in [0.25, 0.3) is 0 Å². The largest absolute Gasteiger partial charge is 0.397 e. The van der Waals surface area contributed by atoms with E-state index in [0.29, 0.717) is 18.8 Å². The SMILES string of the molecule is COC1CN(c2ccc(N)cn2)CC1O. The first-order valence-corrected chi connectivity index (χ1v) is 4.88. The van der Waals surface area contributed by atoms with Gasteiger partial charge >= 0.3 is 0 Å². The number of nitrogen functional groups attached to an aromatic ring is 1. The first-order valence-electron chi connectivity index (χ1n) is 4.88. The molecule has 3 N–H and O–H groups in total. The standard InChI is InChI=1S/C10H15N3O2/c1-15-9-6-13(5-8(9)14)10-3-2-7(11)4-12-10/h2-4,8-9,14H,5-6,11H2,1H3. The zero-order valence-electron chi connectivity index (χ0n) is 8.63. The molecule has 2 atom stereocenters. The third-order valence-electron chi connectivity index (χ3n) is 2.63. The summed E-state index contributed by atoms with van der Waals surface area (Å²) in [6.07, 6.45) is 1.03. The molecule has 1 aliphatic heterocycles. The molecule has 1 aliphatic rings. The Kier molecular flexibility index (Phi) is 2.75. The lowest BCUT2D eigenvalue weighted by molar-refractivity contribution is 0.0217. The summed E-state index contributed by atoms with van der Waals surface area (Å²) >= 11 is 0. The minimum Gasteiger partial charge on any atom is -0.397 e. The summed E-state index contributed by atoms with van der Waals surface area (Å²) in [5.74, 6) is 0.822. The zero-order chi connectivity index (χ0) is 10.8. The molecule has 1 fully saturated rings. The minimum atomic E-state index is -0.450. The molecule has 1 aromatic heterocycles. The van der Waals surface area contributed by atoms with Crippen LogP contribution in [-0.2, 0) is 4.74 Å². The highest BCUT2D eigenvalue weighted by atomic mass is 16.5. The maximum Gasteiger partial charge on any atom is 0.128 e. The number of methoxy groups -OCH3 is 1. The Morgan fingerprint density at radius 3 is 2.87 bits per heavy atom. The van der Waals surface area contributed by atoms with Gasteiger partial charge in [-0.25, -0.2) is 4.98 Å². The number of nitrogens with two attached hydrogens (primary N) is 1. The Hall–Kier alpha value is -1.33. The summed E-state index contributed by atoms with van der Waals surface area (Å²) in [5.41, 5.74) is 6.19. The molecule has 2 unspecified atom stereocenters. The van der Waals surface area contributed by atoms with Crippen molar-refractivity contribution in [3.63, 3.8) is 0 Å². The number of rotatable bonds is 2. The number of aliphatic hydroxyl groups excluding tert-OH is 1. The fourth-order valence-electron chi connectivity index (χ4n) is 1.76. The maximum atomic E-state index is 9.66. The molecular weight excluding hydrogens is 194 g/mol. The van der Waals surface area contributed by atoms with E-state index in [0.717, 1.165) is 5.82 Å². The number of aromatic nitrogens is 1. The van der Waals surface area contributed by atoms with Crippen molar-refractivity contribution in [2.24, 2.45) is 0 Å². The summed E-state index contributed by atoms with van der Waals surface area (Å²) in [7, 11) is 1.60. The van der Waals surface area contributed by atoms with Gasteiger partial charge in [-0.1, -0.05) is 0 Å². The molecule has 1 saturated heterocycles. The van der Waals surface area contributed by atoms with Gasteiger partial charge in [-0.2, -0.15) is 0 Å². The van der Waals surface area contributed by atoms with E-state index in [2.05, 4.69) is 4.98 Å². The number of hydrogen-bond donors (Lipinski definition) is 2. The quantitative estimate of drug-likeness (QED) is 0.709. The van der Waals surface area contributed by atoms with Crippen LogP contribution in [0.4, 0.5) is 11.5 Å². The summed E-state index contributed by atoms with van der Waals surface area (Å²) < 4.78 is 5.15. The first-order chi connectivity index (χ1) is 7.20. The third kappa shape index (κ3) is 2.03. The van der Waals surface area contributed by atoms with Gasteiger partial charge in [-0.15, -0.1) is 0 Å². The van der Waals surface area contributed by atoms with Crippen LogP contribution in [0.3, 0.4) is 0 Å². The van der Waals surface area contributed by atoms with E-state index in [1.807, 2.05) is 11.0 Å². The van der Waals surface area contributed by atoms with Crippen LogP contribution in [0.15, 0.2) is 18.3 Å². The van der Waals surface area contributed by atoms with Crippen LogP contribution >= 0.6 is 0 Å². The van der Waals surface area contributed by atoms with E-state index in [1.165, 1.54) is 0 Å². The average molecular weight is 209 g/mol. The third-order valence-corrected chi connectivity index (χ3v) is 2.63. The second-order valence-corrected chi connectivity index (χ2v) is 3.70.